The van der Waals surface area contributed by atoms with Gasteiger partial charge in [0.2, 0.25) is 0 Å². The van der Waals surface area contributed by atoms with E-state index in [9.17, 15) is 4.79 Å². The lowest BCUT2D eigenvalue weighted by Gasteiger charge is -2.04. The smallest absolute Gasteiger partial charge is 0.275 e. The van der Waals surface area contributed by atoms with Gasteiger partial charge in [0, 0.05) is 17.2 Å². The zero-order chi connectivity index (χ0) is 18.2. The molecule has 3 heterocycles. The Morgan fingerprint density at radius 3 is 2.26 bits per heavy atom. The number of imidazole rings is 1. The topological polar surface area (TPSA) is 47.5 Å². The largest absolute Gasteiger partial charge is 0.465 e. The highest BCUT2D eigenvalue weighted by Gasteiger charge is 2.19. The van der Waals surface area contributed by atoms with Crippen LogP contribution in [0.4, 0.5) is 0 Å². The summed E-state index contributed by atoms with van der Waals surface area (Å²) in [5.41, 5.74) is 3.50. The van der Waals surface area contributed by atoms with E-state index in [4.69, 9.17) is 9.40 Å². The molecule has 0 saturated carbocycles. The molecule has 0 unspecified atom stereocenters. The molecule has 4 nitrogen and oxygen atoms in total. The third kappa shape index (κ3) is 2.69. The van der Waals surface area contributed by atoms with E-state index < -0.39 is 0 Å². The second kappa shape index (κ2) is 6.37. The minimum Gasteiger partial charge on any atom is -0.465 e. The van der Waals surface area contributed by atoms with Crippen LogP contribution in [0.5, 0.6) is 0 Å². The Labute approximate surface area is 158 Å². The first-order chi connectivity index (χ1) is 13.3. The molecule has 130 valence electrons. The lowest BCUT2D eigenvalue weighted by atomic mass is 10.1. The van der Waals surface area contributed by atoms with Crippen LogP contribution in [0, 0.1) is 0 Å². The van der Waals surface area contributed by atoms with Crippen molar-refractivity contribution in [2.24, 2.45) is 0 Å². The van der Waals surface area contributed by atoms with Crippen molar-refractivity contribution in [1.29, 1.82) is 0 Å². The Morgan fingerprint density at radius 2 is 1.59 bits per heavy atom. The number of fused-ring (bicyclic) bond motifs is 1. The summed E-state index contributed by atoms with van der Waals surface area (Å²) in [5, 5.41) is 0. The van der Waals surface area contributed by atoms with E-state index in [0.717, 1.165) is 22.5 Å². The summed E-state index contributed by atoms with van der Waals surface area (Å²) in [7, 11) is 0. The van der Waals surface area contributed by atoms with Gasteiger partial charge in [0.15, 0.2) is 4.96 Å². The van der Waals surface area contributed by atoms with Crippen molar-refractivity contribution >= 4 is 22.4 Å². The summed E-state index contributed by atoms with van der Waals surface area (Å²) >= 11 is 1.37. The molecular weight excluding hydrogens is 356 g/mol. The lowest BCUT2D eigenvalue weighted by molar-refractivity contribution is 0.556. The molecule has 0 aliphatic heterocycles. The normalized spacial score (nSPS) is 12.1. The maximum atomic E-state index is 13.2. The SMILES string of the molecule is O=c1/c(=C/c2ccco2)sc2nc(-c3ccccc3)c(-c3ccccc3)n12. The summed E-state index contributed by atoms with van der Waals surface area (Å²) in [6, 6.07) is 23.5. The minimum atomic E-state index is -0.0834. The van der Waals surface area contributed by atoms with E-state index in [-0.39, 0.29) is 5.56 Å². The molecule has 0 bridgehead atoms. The predicted octanol–water partition coefficient (Wildman–Crippen LogP) is 4.23. The highest BCUT2D eigenvalue weighted by Crippen LogP contribution is 2.32. The molecule has 0 fully saturated rings. The van der Waals surface area contributed by atoms with Gasteiger partial charge in [-0.2, -0.15) is 0 Å². The van der Waals surface area contributed by atoms with Crippen molar-refractivity contribution in [2.75, 3.05) is 0 Å². The van der Waals surface area contributed by atoms with Crippen molar-refractivity contribution in [3.8, 4) is 22.5 Å². The first-order valence-corrected chi connectivity index (χ1v) is 9.34. The van der Waals surface area contributed by atoms with E-state index >= 15 is 0 Å². The van der Waals surface area contributed by atoms with Gasteiger partial charge in [-0.25, -0.2) is 9.38 Å². The molecule has 0 atom stereocenters. The fourth-order valence-electron chi connectivity index (χ4n) is 3.16. The van der Waals surface area contributed by atoms with Crippen LogP contribution in [0.2, 0.25) is 0 Å². The van der Waals surface area contributed by atoms with Crippen LogP contribution in [0.15, 0.2) is 88.3 Å². The van der Waals surface area contributed by atoms with E-state index in [0.29, 0.717) is 15.3 Å². The third-order valence-corrected chi connectivity index (χ3v) is 5.34. The number of thiazole rings is 1. The maximum Gasteiger partial charge on any atom is 0.275 e. The summed E-state index contributed by atoms with van der Waals surface area (Å²) in [4.78, 5) is 18.6. The van der Waals surface area contributed by atoms with Gasteiger partial charge in [-0.05, 0) is 12.1 Å². The predicted molar refractivity (Wildman–Crippen MR) is 108 cm³/mol. The molecule has 0 saturated heterocycles. The van der Waals surface area contributed by atoms with Crippen LogP contribution < -0.4 is 10.1 Å². The first kappa shape index (κ1) is 15.8. The van der Waals surface area contributed by atoms with E-state index in [1.807, 2.05) is 66.7 Å². The van der Waals surface area contributed by atoms with Gasteiger partial charge in [0.25, 0.3) is 5.56 Å². The Morgan fingerprint density at radius 1 is 0.889 bits per heavy atom. The fourth-order valence-corrected chi connectivity index (χ4v) is 4.11. The standard InChI is InChI=1S/C22H14N2O2S/c25-21-18(14-17-12-7-13-26-17)27-22-23-19(15-8-3-1-4-9-15)20(24(21)22)16-10-5-2-6-11-16/h1-14H/b18-14-. The van der Waals surface area contributed by atoms with E-state index in [1.54, 1.807) is 22.8 Å². The minimum absolute atomic E-state index is 0.0834. The van der Waals surface area contributed by atoms with Crippen LogP contribution in [0.25, 0.3) is 33.6 Å². The van der Waals surface area contributed by atoms with E-state index in [2.05, 4.69) is 0 Å². The maximum absolute atomic E-state index is 13.2. The van der Waals surface area contributed by atoms with Crippen LogP contribution in [0.1, 0.15) is 5.76 Å². The number of rotatable bonds is 3. The van der Waals surface area contributed by atoms with Gasteiger partial charge in [-0.15, -0.1) is 0 Å². The highest BCUT2D eigenvalue weighted by molar-refractivity contribution is 7.15. The summed E-state index contributed by atoms with van der Waals surface area (Å²) in [5.74, 6) is 0.654. The number of benzene rings is 2. The Kier molecular flexibility index (Phi) is 3.73. The quantitative estimate of drug-likeness (QED) is 0.477. The molecule has 0 aliphatic carbocycles. The fraction of sp³-hybridized carbons (Fsp3) is 0. The Hall–Kier alpha value is -3.44. The van der Waals surface area contributed by atoms with Gasteiger partial charge >= 0.3 is 0 Å². The van der Waals surface area contributed by atoms with Gasteiger partial charge in [-0.3, -0.25) is 4.79 Å². The van der Waals surface area contributed by atoms with Crippen molar-refractivity contribution in [2.45, 2.75) is 0 Å². The number of furan rings is 1. The summed E-state index contributed by atoms with van der Waals surface area (Å²) in [6.45, 7) is 0. The molecule has 5 heteroatoms. The van der Waals surface area contributed by atoms with Gasteiger partial charge in [0.05, 0.1) is 17.7 Å². The molecule has 0 radical (unpaired) electrons. The summed E-state index contributed by atoms with van der Waals surface area (Å²) < 4.78 is 7.66. The van der Waals surface area contributed by atoms with Gasteiger partial charge < -0.3 is 4.42 Å². The first-order valence-electron chi connectivity index (χ1n) is 8.52. The van der Waals surface area contributed by atoms with Crippen LogP contribution in [0.3, 0.4) is 0 Å². The van der Waals surface area contributed by atoms with Gasteiger partial charge in [-0.1, -0.05) is 72.0 Å². The zero-order valence-corrected chi connectivity index (χ0v) is 15.0. The summed E-state index contributed by atoms with van der Waals surface area (Å²) in [6.07, 6.45) is 3.36. The number of hydrogen-bond donors (Lipinski definition) is 0. The average Bonchev–Trinajstić information content (AvgIpc) is 3.42. The molecular formula is C22H14N2O2S. The zero-order valence-electron chi connectivity index (χ0n) is 14.2. The molecule has 0 amide bonds. The molecule has 5 aromatic rings. The Bertz CT molecular complexity index is 1320. The molecule has 27 heavy (non-hydrogen) atoms. The van der Waals surface area contributed by atoms with Crippen LogP contribution in [-0.4, -0.2) is 9.38 Å². The second-order valence-corrected chi connectivity index (χ2v) is 7.10. The Balaban J connectivity index is 1.84. The molecule has 0 aliphatic rings. The third-order valence-electron chi connectivity index (χ3n) is 4.37. The average molecular weight is 370 g/mol. The van der Waals surface area contributed by atoms with Crippen molar-refractivity contribution in [3.05, 3.63) is 99.7 Å². The van der Waals surface area contributed by atoms with Crippen LogP contribution >= 0.6 is 11.3 Å². The molecule has 3 aromatic heterocycles. The molecule has 0 spiro atoms. The number of nitrogens with zero attached hydrogens (tertiary/aromatic N) is 2. The van der Waals surface area contributed by atoms with Crippen LogP contribution in [-0.2, 0) is 0 Å². The van der Waals surface area contributed by atoms with Crippen molar-refractivity contribution in [1.82, 2.24) is 9.38 Å². The number of hydrogen-bond acceptors (Lipinski definition) is 4. The molecule has 2 aromatic carbocycles. The van der Waals surface area contributed by atoms with Gasteiger partial charge in [0.1, 0.15) is 10.3 Å². The lowest BCUT2D eigenvalue weighted by Crippen LogP contribution is -2.23. The monoisotopic (exact) mass is 370 g/mol. The second-order valence-electron chi connectivity index (χ2n) is 6.09. The van der Waals surface area contributed by atoms with Crippen molar-refractivity contribution < 1.29 is 4.42 Å². The highest BCUT2D eigenvalue weighted by atomic mass is 32.1. The molecule has 0 N–H and O–H groups in total. The van der Waals surface area contributed by atoms with Crippen molar-refractivity contribution in [3.63, 3.8) is 0 Å². The van der Waals surface area contributed by atoms with E-state index in [1.165, 1.54) is 11.3 Å². The number of aromatic nitrogens is 2. The molecule has 5 rings (SSSR count).